The van der Waals surface area contributed by atoms with Crippen molar-refractivity contribution in [1.82, 2.24) is 4.90 Å². The SMILES string of the molecule is CN1CCC=C(/C=N/OCC2CC2)C1.O=C(O)C(=O)O. The van der Waals surface area contributed by atoms with Gasteiger partial charge in [0.1, 0.15) is 6.61 Å². The average molecular weight is 284 g/mol. The molecule has 0 unspecified atom stereocenters. The molecule has 0 saturated heterocycles. The van der Waals surface area contributed by atoms with Crippen molar-refractivity contribution in [2.45, 2.75) is 19.3 Å². The van der Waals surface area contributed by atoms with E-state index in [1.165, 1.54) is 18.4 Å². The van der Waals surface area contributed by atoms with Crippen molar-refractivity contribution in [3.8, 4) is 0 Å². The molecule has 0 aromatic carbocycles. The Labute approximate surface area is 117 Å². The van der Waals surface area contributed by atoms with E-state index < -0.39 is 11.9 Å². The highest BCUT2D eigenvalue weighted by Gasteiger charge is 2.21. The van der Waals surface area contributed by atoms with E-state index in [1.807, 2.05) is 6.21 Å². The zero-order valence-electron chi connectivity index (χ0n) is 11.5. The number of carbonyl (C=O) groups is 2. The van der Waals surface area contributed by atoms with Gasteiger partial charge in [-0.25, -0.2) is 9.59 Å². The van der Waals surface area contributed by atoms with Crippen molar-refractivity contribution < 1.29 is 24.6 Å². The van der Waals surface area contributed by atoms with Crippen molar-refractivity contribution >= 4 is 18.2 Å². The summed E-state index contributed by atoms with van der Waals surface area (Å²) in [4.78, 5) is 25.7. The van der Waals surface area contributed by atoms with Crippen LogP contribution in [0, 0.1) is 5.92 Å². The number of hydrogen-bond acceptors (Lipinski definition) is 5. The van der Waals surface area contributed by atoms with Gasteiger partial charge in [0.25, 0.3) is 0 Å². The number of likely N-dealkylation sites (N-methyl/N-ethyl adjacent to an activating group) is 1. The van der Waals surface area contributed by atoms with E-state index in [0.717, 1.165) is 32.0 Å². The van der Waals surface area contributed by atoms with Crippen LogP contribution >= 0.6 is 0 Å². The second kappa shape index (κ2) is 8.31. The molecule has 7 nitrogen and oxygen atoms in total. The molecule has 0 aromatic rings. The number of nitrogens with zero attached hydrogens (tertiary/aromatic N) is 2. The first-order chi connectivity index (χ1) is 9.49. The fourth-order valence-electron chi connectivity index (χ4n) is 1.56. The fraction of sp³-hybridized carbons (Fsp3) is 0.615. The number of hydrogen-bond donors (Lipinski definition) is 2. The van der Waals surface area contributed by atoms with Crippen molar-refractivity contribution in [1.29, 1.82) is 0 Å². The molecule has 1 fully saturated rings. The summed E-state index contributed by atoms with van der Waals surface area (Å²) in [6.45, 7) is 2.95. The molecule has 1 aliphatic carbocycles. The summed E-state index contributed by atoms with van der Waals surface area (Å²) >= 11 is 0. The van der Waals surface area contributed by atoms with Gasteiger partial charge in [-0.15, -0.1) is 0 Å². The van der Waals surface area contributed by atoms with Gasteiger partial charge in [0.2, 0.25) is 0 Å². The van der Waals surface area contributed by atoms with E-state index in [4.69, 9.17) is 24.6 Å². The van der Waals surface area contributed by atoms with Crippen LogP contribution < -0.4 is 0 Å². The minimum atomic E-state index is -1.82. The molecular weight excluding hydrogens is 264 g/mol. The smallest absolute Gasteiger partial charge is 0.414 e. The quantitative estimate of drug-likeness (QED) is 0.450. The molecule has 0 amide bonds. The first kappa shape index (κ1) is 16.2. The second-order valence-electron chi connectivity index (χ2n) is 4.89. The van der Waals surface area contributed by atoms with Crippen LogP contribution in [0.5, 0.6) is 0 Å². The number of oxime groups is 1. The van der Waals surface area contributed by atoms with Crippen LogP contribution in [0.1, 0.15) is 19.3 Å². The predicted octanol–water partition coefficient (Wildman–Crippen LogP) is 0.816. The minimum Gasteiger partial charge on any atom is -0.473 e. The van der Waals surface area contributed by atoms with Gasteiger partial charge in [0, 0.05) is 13.1 Å². The molecule has 20 heavy (non-hydrogen) atoms. The third-order valence-corrected chi connectivity index (χ3v) is 2.85. The molecule has 0 aromatic heterocycles. The highest BCUT2D eigenvalue weighted by atomic mass is 16.6. The van der Waals surface area contributed by atoms with Gasteiger partial charge in [-0.05, 0) is 37.8 Å². The molecule has 0 atom stereocenters. The normalized spacial score (nSPS) is 18.9. The fourth-order valence-corrected chi connectivity index (χ4v) is 1.56. The summed E-state index contributed by atoms with van der Waals surface area (Å²) in [6, 6.07) is 0. The number of carboxylic acids is 2. The summed E-state index contributed by atoms with van der Waals surface area (Å²) in [5.41, 5.74) is 1.27. The zero-order valence-corrected chi connectivity index (χ0v) is 11.5. The maximum absolute atomic E-state index is 9.10. The van der Waals surface area contributed by atoms with E-state index in [2.05, 4.69) is 23.2 Å². The molecule has 2 N–H and O–H groups in total. The molecule has 2 aliphatic rings. The standard InChI is InChI=1S/C11H18N2O.C2H2O4/c1-13-6-2-3-11(8-13)7-12-14-9-10-4-5-10;3-1(4)2(5)6/h3,7,10H,2,4-6,8-9H2,1H3;(H,3,4)(H,5,6)/b12-7+;. The zero-order chi connectivity index (χ0) is 15.0. The van der Waals surface area contributed by atoms with Gasteiger partial charge in [-0.1, -0.05) is 11.2 Å². The Morgan fingerprint density at radius 1 is 1.45 bits per heavy atom. The van der Waals surface area contributed by atoms with Crippen molar-refractivity contribution in [3.05, 3.63) is 11.6 Å². The van der Waals surface area contributed by atoms with E-state index in [1.54, 1.807) is 0 Å². The van der Waals surface area contributed by atoms with Crippen LogP contribution in [0.15, 0.2) is 16.8 Å². The van der Waals surface area contributed by atoms with Gasteiger partial charge in [-0.2, -0.15) is 0 Å². The molecule has 7 heteroatoms. The monoisotopic (exact) mass is 284 g/mol. The van der Waals surface area contributed by atoms with E-state index in [9.17, 15) is 0 Å². The van der Waals surface area contributed by atoms with Crippen LogP contribution in [0.2, 0.25) is 0 Å². The number of rotatable bonds is 4. The Morgan fingerprint density at radius 2 is 2.10 bits per heavy atom. The maximum Gasteiger partial charge on any atom is 0.414 e. The van der Waals surface area contributed by atoms with Crippen LogP contribution in [0.4, 0.5) is 0 Å². The van der Waals surface area contributed by atoms with Crippen LogP contribution in [0.3, 0.4) is 0 Å². The molecule has 1 aliphatic heterocycles. The molecule has 1 heterocycles. The Balaban J connectivity index is 0.000000286. The van der Waals surface area contributed by atoms with Crippen LogP contribution in [-0.2, 0) is 14.4 Å². The van der Waals surface area contributed by atoms with E-state index >= 15 is 0 Å². The topological polar surface area (TPSA) is 99.4 Å². The lowest BCUT2D eigenvalue weighted by atomic mass is 10.1. The molecule has 1 saturated carbocycles. The number of carboxylic acid groups (broad SMARTS) is 2. The van der Waals surface area contributed by atoms with Gasteiger partial charge in [0.15, 0.2) is 0 Å². The first-order valence-corrected chi connectivity index (χ1v) is 6.48. The van der Waals surface area contributed by atoms with Gasteiger partial charge in [-0.3, -0.25) is 0 Å². The molecule has 0 bridgehead atoms. The van der Waals surface area contributed by atoms with Gasteiger partial charge < -0.3 is 20.0 Å². The molecule has 112 valence electrons. The second-order valence-corrected chi connectivity index (χ2v) is 4.89. The third-order valence-electron chi connectivity index (χ3n) is 2.85. The Kier molecular flexibility index (Phi) is 6.72. The highest BCUT2D eigenvalue weighted by molar-refractivity contribution is 6.27. The van der Waals surface area contributed by atoms with Gasteiger partial charge >= 0.3 is 11.9 Å². The molecular formula is C13H20N2O5. The summed E-state index contributed by atoms with van der Waals surface area (Å²) < 4.78 is 0. The van der Waals surface area contributed by atoms with Gasteiger partial charge in [0.05, 0.1) is 6.21 Å². The molecule has 0 radical (unpaired) electrons. The molecule has 2 rings (SSSR count). The lowest BCUT2D eigenvalue weighted by molar-refractivity contribution is -0.159. The summed E-state index contributed by atoms with van der Waals surface area (Å²) in [5, 5.41) is 18.8. The largest absolute Gasteiger partial charge is 0.473 e. The van der Waals surface area contributed by atoms with Crippen LogP contribution in [0.25, 0.3) is 0 Å². The molecule has 0 spiro atoms. The number of aliphatic carboxylic acids is 2. The summed E-state index contributed by atoms with van der Waals surface area (Å²) in [5.74, 6) is -2.86. The Hall–Kier alpha value is -1.89. The Morgan fingerprint density at radius 3 is 2.60 bits per heavy atom. The average Bonchev–Trinajstić information content (AvgIpc) is 3.19. The van der Waals surface area contributed by atoms with E-state index in [0.29, 0.717) is 0 Å². The minimum absolute atomic E-state index is 0.787. The summed E-state index contributed by atoms with van der Waals surface area (Å²) in [6.07, 6.45) is 7.87. The maximum atomic E-state index is 9.10. The van der Waals surface area contributed by atoms with Crippen molar-refractivity contribution in [3.63, 3.8) is 0 Å². The third kappa shape index (κ3) is 7.52. The lowest BCUT2D eigenvalue weighted by Gasteiger charge is -2.20. The first-order valence-electron chi connectivity index (χ1n) is 6.48. The van der Waals surface area contributed by atoms with Crippen LogP contribution in [-0.4, -0.2) is 60.0 Å². The lowest BCUT2D eigenvalue weighted by Crippen LogP contribution is -2.25. The van der Waals surface area contributed by atoms with Crippen molar-refractivity contribution in [2.24, 2.45) is 11.1 Å². The Bertz CT molecular complexity index is 390. The predicted molar refractivity (Wildman–Crippen MR) is 72.6 cm³/mol. The van der Waals surface area contributed by atoms with E-state index in [-0.39, 0.29) is 0 Å². The van der Waals surface area contributed by atoms with Crippen molar-refractivity contribution in [2.75, 3.05) is 26.7 Å². The highest BCUT2D eigenvalue weighted by Crippen LogP contribution is 2.28. The summed E-state index contributed by atoms with van der Waals surface area (Å²) in [7, 11) is 2.13.